The van der Waals surface area contributed by atoms with Gasteiger partial charge in [-0.3, -0.25) is 18.6 Å². The highest BCUT2D eigenvalue weighted by molar-refractivity contribution is 7.47. The van der Waals surface area contributed by atoms with Crippen LogP contribution in [-0.2, 0) is 27.9 Å². The number of carbonyl (C=O) groups is 2. The molecule has 0 saturated carbocycles. The standard InChI is InChI=1S/C49H76NO8P/c1-3-5-7-9-11-13-15-17-19-20-21-22-23-24-25-26-28-29-31-33-35-37-39-41-48(52)50-43-44-57-59(54,55)58-46-47(51)45-56-49(53)42-40-38-36-34-32-30-27-18-16-14-12-10-8-6-4-2/h5-8,11-14,17-19,21-22,24-25,27-29,32-35,47,51H,3-4,9-10,15-16,20,23,26,30-31,36-46H2,1-2H3,(H,50,52)(H,54,55)/b7-5-,8-6-,13-11-,14-12-,19-17-,22-21-,25-24-,27-18-,29-28-,34-32-,35-33-. The van der Waals surface area contributed by atoms with Gasteiger partial charge in [0.2, 0.25) is 5.91 Å². The fourth-order valence-corrected chi connectivity index (χ4v) is 5.64. The summed E-state index contributed by atoms with van der Waals surface area (Å²) in [5, 5.41) is 12.6. The van der Waals surface area contributed by atoms with Crippen LogP contribution in [0.1, 0.15) is 129 Å². The molecule has 0 rings (SSSR count). The molecular weight excluding hydrogens is 762 g/mol. The Morgan fingerprint density at radius 3 is 1.34 bits per heavy atom. The average Bonchev–Trinajstić information content (AvgIpc) is 3.22. The van der Waals surface area contributed by atoms with Crippen LogP contribution in [0.3, 0.4) is 0 Å². The first-order valence-corrected chi connectivity index (χ1v) is 23.2. The SMILES string of the molecule is CC/C=C\C/C=C\C/C=C\C/C=C\C/C=C\C/C=C\C/C=C\CCCC(=O)NCCOP(=O)(O)OCC(O)COC(=O)CCCC/C=C\C/C=C\C/C=C\C/C=C\CC. The summed E-state index contributed by atoms with van der Waals surface area (Å²) in [5.41, 5.74) is 0. The molecule has 1 amide bonds. The van der Waals surface area contributed by atoms with E-state index in [2.05, 4.69) is 153 Å². The van der Waals surface area contributed by atoms with Gasteiger partial charge in [-0.05, 0) is 103 Å². The molecule has 10 heteroatoms. The monoisotopic (exact) mass is 838 g/mol. The molecule has 0 bridgehead atoms. The van der Waals surface area contributed by atoms with Crippen molar-refractivity contribution in [3.05, 3.63) is 134 Å². The number of rotatable bonds is 38. The highest BCUT2D eigenvalue weighted by atomic mass is 31.2. The molecular formula is C49H76NO8P. The molecule has 0 saturated heterocycles. The van der Waals surface area contributed by atoms with E-state index in [0.29, 0.717) is 19.3 Å². The maximum atomic E-state index is 12.1. The topological polar surface area (TPSA) is 131 Å². The van der Waals surface area contributed by atoms with Crippen molar-refractivity contribution in [1.82, 2.24) is 5.32 Å². The Kier molecular flexibility index (Phi) is 40.9. The van der Waals surface area contributed by atoms with E-state index in [0.717, 1.165) is 89.9 Å². The normalized spacial score (nSPS) is 14.6. The number of phosphoric ester groups is 1. The Bertz CT molecular complexity index is 1420. The van der Waals surface area contributed by atoms with Crippen molar-refractivity contribution in [2.24, 2.45) is 0 Å². The average molecular weight is 838 g/mol. The van der Waals surface area contributed by atoms with Gasteiger partial charge in [-0.2, -0.15) is 0 Å². The maximum Gasteiger partial charge on any atom is 0.472 e. The smallest absolute Gasteiger partial charge is 0.463 e. The number of aliphatic hydroxyl groups excluding tert-OH is 1. The molecule has 0 spiro atoms. The second-order valence-corrected chi connectivity index (χ2v) is 15.0. The minimum absolute atomic E-state index is 0.0354. The van der Waals surface area contributed by atoms with Gasteiger partial charge in [0.05, 0.1) is 13.2 Å². The number of allylic oxidation sites excluding steroid dienone is 22. The molecule has 3 N–H and O–H groups in total. The first-order chi connectivity index (χ1) is 28.8. The quantitative estimate of drug-likeness (QED) is 0.0242. The van der Waals surface area contributed by atoms with Gasteiger partial charge >= 0.3 is 13.8 Å². The number of amides is 1. The Labute approximate surface area is 357 Å². The molecule has 59 heavy (non-hydrogen) atoms. The number of ether oxygens (including phenoxy) is 1. The van der Waals surface area contributed by atoms with E-state index in [4.69, 9.17) is 13.8 Å². The van der Waals surface area contributed by atoms with Crippen molar-refractivity contribution in [3.8, 4) is 0 Å². The summed E-state index contributed by atoms with van der Waals surface area (Å²) in [7, 11) is -4.45. The first kappa shape index (κ1) is 55.2. The van der Waals surface area contributed by atoms with Crippen LogP contribution in [-0.4, -0.2) is 54.3 Å². The number of aliphatic hydroxyl groups is 1. The summed E-state index contributed by atoms with van der Waals surface area (Å²) >= 11 is 0. The molecule has 0 aliphatic carbocycles. The number of phosphoric acid groups is 1. The van der Waals surface area contributed by atoms with Crippen LogP contribution < -0.4 is 5.32 Å². The predicted octanol–water partition coefficient (Wildman–Crippen LogP) is 12.3. The summed E-state index contributed by atoms with van der Waals surface area (Å²) < 4.78 is 26.8. The number of carbonyl (C=O) groups excluding carboxylic acids is 2. The number of hydrogen-bond acceptors (Lipinski definition) is 7. The fourth-order valence-electron chi connectivity index (χ4n) is 4.89. The van der Waals surface area contributed by atoms with E-state index < -0.39 is 26.5 Å². The third-order valence-electron chi connectivity index (χ3n) is 8.08. The van der Waals surface area contributed by atoms with Crippen molar-refractivity contribution in [2.75, 3.05) is 26.4 Å². The van der Waals surface area contributed by atoms with Crippen molar-refractivity contribution in [2.45, 2.75) is 136 Å². The van der Waals surface area contributed by atoms with Crippen LogP contribution >= 0.6 is 7.82 Å². The predicted molar refractivity (Wildman–Crippen MR) is 247 cm³/mol. The summed E-state index contributed by atoms with van der Waals surface area (Å²) in [6.07, 6.45) is 61.1. The molecule has 0 aromatic carbocycles. The summed E-state index contributed by atoms with van der Waals surface area (Å²) in [6.45, 7) is 3.16. The zero-order valence-electron chi connectivity index (χ0n) is 36.1. The molecule has 0 heterocycles. The zero-order chi connectivity index (χ0) is 43.2. The highest BCUT2D eigenvalue weighted by Crippen LogP contribution is 2.42. The Morgan fingerprint density at radius 2 is 0.915 bits per heavy atom. The van der Waals surface area contributed by atoms with Gasteiger partial charge in [0.15, 0.2) is 0 Å². The second kappa shape index (κ2) is 43.7. The lowest BCUT2D eigenvalue weighted by atomic mass is 10.2. The van der Waals surface area contributed by atoms with Crippen molar-refractivity contribution < 1.29 is 37.9 Å². The zero-order valence-corrected chi connectivity index (χ0v) is 37.0. The summed E-state index contributed by atoms with van der Waals surface area (Å²) in [6, 6.07) is 0. The van der Waals surface area contributed by atoms with Gasteiger partial charge in [0.1, 0.15) is 12.7 Å². The van der Waals surface area contributed by atoms with Crippen LogP contribution in [0.5, 0.6) is 0 Å². The number of esters is 1. The van der Waals surface area contributed by atoms with Crippen LogP contribution in [0.2, 0.25) is 0 Å². The van der Waals surface area contributed by atoms with E-state index in [1.54, 1.807) is 0 Å². The molecule has 2 atom stereocenters. The summed E-state index contributed by atoms with van der Waals surface area (Å²) in [5.74, 6) is -0.634. The molecule has 0 aromatic heterocycles. The molecule has 0 aromatic rings. The van der Waals surface area contributed by atoms with E-state index >= 15 is 0 Å². The second-order valence-electron chi connectivity index (χ2n) is 13.5. The fraction of sp³-hybridized carbons (Fsp3) is 0.510. The number of hydrogen-bond donors (Lipinski definition) is 3. The van der Waals surface area contributed by atoms with Crippen LogP contribution in [0, 0.1) is 0 Å². The maximum absolute atomic E-state index is 12.1. The Morgan fingerprint density at radius 1 is 0.525 bits per heavy atom. The van der Waals surface area contributed by atoms with Gasteiger partial charge in [-0.25, -0.2) is 4.57 Å². The van der Waals surface area contributed by atoms with Crippen LogP contribution in [0.25, 0.3) is 0 Å². The van der Waals surface area contributed by atoms with E-state index in [1.165, 1.54) is 0 Å². The molecule has 330 valence electrons. The van der Waals surface area contributed by atoms with Gasteiger partial charge in [-0.1, -0.05) is 148 Å². The molecule has 9 nitrogen and oxygen atoms in total. The van der Waals surface area contributed by atoms with E-state index in [9.17, 15) is 24.2 Å². The molecule has 2 unspecified atom stereocenters. The van der Waals surface area contributed by atoms with E-state index in [-0.39, 0.29) is 32.1 Å². The van der Waals surface area contributed by atoms with Crippen molar-refractivity contribution in [1.29, 1.82) is 0 Å². The largest absolute Gasteiger partial charge is 0.472 e. The third-order valence-corrected chi connectivity index (χ3v) is 9.06. The number of nitrogens with one attached hydrogen (secondary N) is 1. The van der Waals surface area contributed by atoms with Crippen LogP contribution in [0.4, 0.5) is 0 Å². The van der Waals surface area contributed by atoms with E-state index in [1.807, 2.05) is 0 Å². The Hall–Kier alpha value is -3.85. The molecule has 0 aliphatic rings. The molecule has 0 fully saturated rings. The first-order valence-electron chi connectivity index (χ1n) is 21.7. The highest BCUT2D eigenvalue weighted by Gasteiger charge is 2.23. The molecule has 0 radical (unpaired) electrons. The Balaban J connectivity index is 3.79. The molecule has 0 aliphatic heterocycles. The summed E-state index contributed by atoms with van der Waals surface area (Å²) in [4.78, 5) is 33.9. The van der Waals surface area contributed by atoms with Gasteiger partial charge < -0.3 is 20.1 Å². The lowest BCUT2D eigenvalue weighted by Crippen LogP contribution is -2.27. The van der Waals surface area contributed by atoms with Crippen LogP contribution in [0.15, 0.2) is 134 Å². The number of unbranched alkanes of at least 4 members (excludes halogenated alkanes) is 3. The van der Waals surface area contributed by atoms with Gasteiger partial charge in [0, 0.05) is 19.4 Å². The minimum atomic E-state index is -4.45. The van der Waals surface area contributed by atoms with Crippen molar-refractivity contribution >= 4 is 19.7 Å². The van der Waals surface area contributed by atoms with Crippen molar-refractivity contribution in [3.63, 3.8) is 0 Å². The van der Waals surface area contributed by atoms with Gasteiger partial charge in [0.25, 0.3) is 0 Å². The lowest BCUT2D eigenvalue weighted by Gasteiger charge is -2.15. The third kappa shape index (κ3) is 45.1. The van der Waals surface area contributed by atoms with Gasteiger partial charge in [-0.15, -0.1) is 0 Å². The minimum Gasteiger partial charge on any atom is -0.463 e. The lowest BCUT2D eigenvalue weighted by molar-refractivity contribution is -0.147.